The van der Waals surface area contributed by atoms with E-state index in [2.05, 4.69) is 84.5 Å². The van der Waals surface area contributed by atoms with Crippen LogP contribution in [0.2, 0.25) is 0 Å². The van der Waals surface area contributed by atoms with Crippen LogP contribution < -0.4 is 9.80 Å². The summed E-state index contributed by atoms with van der Waals surface area (Å²) in [6.07, 6.45) is 3.77. The van der Waals surface area contributed by atoms with E-state index in [1.165, 1.54) is 47.5 Å². The molecule has 0 amide bonds. The average molecular weight is 376 g/mol. The molecule has 0 radical (unpaired) electrons. The number of hydrogen-bond donors (Lipinski definition) is 0. The molecule has 3 heteroatoms. The topological polar surface area (TPSA) is 9.72 Å². The Balaban J connectivity index is 1.47. The van der Waals surface area contributed by atoms with Crippen LogP contribution in [-0.2, 0) is 0 Å². The molecule has 2 saturated heterocycles. The quantitative estimate of drug-likeness (QED) is 0.705. The first kappa shape index (κ1) is 18.9. The Morgan fingerprint density at radius 1 is 0.964 bits per heavy atom. The molecule has 2 fully saturated rings. The number of nitrogens with zero attached hydrogens (tertiary/aromatic N) is 3. The van der Waals surface area contributed by atoms with Crippen molar-refractivity contribution in [2.45, 2.75) is 46.1 Å². The monoisotopic (exact) mass is 375 g/mol. The minimum absolute atomic E-state index is 0.655. The van der Waals surface area contributed by atoms with Gasteiger partial charge in [0.15, 0.2) is 0 Å². The molecule has 28 heavy (non-hydrogen) atoms. The lowest BCUT2D eigenvalue weighted by Crippen LogP contribution is -2.44. The fraction of sp³-hybridized carbons (Fsp3) is 0.440. The largest absolute Gasteiger partial charge is 0.369 e. The highest BCUT2D eigenvalue weighted by Crippen LogP contribution is 2.30. The molecule has 0 bridgehead atoms. The van der Waals surface area contributed by atoms with Gasteiger partial charge in [0, 0.05) is 42.7 Å². The van der Waals surface area contributed by atoms with Crippen LogP contribution in [0.1, 0.15) is 42.9 Å². The lowest BCUT2D eigenvalue weighted by Gasteiger charge is -2.40. The third kappa shape index (κ3) is 3.76. The molecule has 2 aliphatic rings. The van der Waals surface area contributed by atoms with E-state index in [1.807, 2.05) is 0 Å². The summed E-state index contributed by atoms with van der Waals surface area (Å²) < 4.78 is 0. The first-order chi connectivity index (χ1) is 13.5. The molecule has 0 saturated carbocycles. The number of hydrogen-bond acceptors (Lipinski definition) is 3. The van der Waals surface area contributed by atoms with Gasteiger partial charge >= 0.3 is 0 Å². The lowest BCUT2D eigenvalue weighted by atomic mass is 10.1. The van der Waals surface area contributed by atoms with Gasteiger partial charge in [0.1, 0.15) is 0 Å². The molecule has 2 aromatic carbocycles. The number of anilines is 2. The van der Waals surface area contributed by atoms with Crippen LogP contribution in [0.3, 0.4) is 0 Å². The average Bonchev–Trinajstić information content (AvgIpc) is 3.13. The first-order valence-electron chi connectivity index (χ1n) is 10.7. The van der Waals surface area contributed by atoms with Crippen molar-refractivity contribution < 1.29 is 0 Å². The van der Waals surface area contributed by atoms with Gasteiger partial charge in [-0.05, 0) is 69.4 Å². The van der Waals surface area contributed by atoms with E-state index in [0.29, 0.717) is 6.04 Å². The van der Waals surface area contributed by atoms with Crippen molar-refractivity contribution in [2.75, 3.05) is 36.1 Å². The van der Waals surface area contributed by atoms with Crippen LogP contribution in [0, 0.1) is 13.8 Å². The predicted octanol–water partition coefficient (Wildman–Crippen LogP) is 5.43. The minimum atomic E-state index is 0.655. The molecular formula is C25H33N3. The standard InChI is InChI=1S/C25H33N3/c1-19-8-13-25(20(2)17-19)27-15-6-14-26(18-27)22(4)23-9-11-24(12-10-23)28-16-5-7-21(28)3/h8-13,17,21H,4-7,14-16,18H2,1-3H3. The predicted molar refractivity (Wildman–Crippen MR) is 121 cm³/mol. The Morgan fingerprint density at radius 2 is 1.75 bits per heavy atom. The molecule has 3 nitrogen and oxygen atoms in total. The van der Waals surface area contributed by atoms with Crippen molar-refractivity contribution in [1.29, 1.82) is 0 Å². The zero-order chi connectivity index (χ0) is 19.7. The van der Waals surface area contributed by atoms with E-state index < -0.39 is 0 Å². The lowest BCUT2D eigenvalue weighted by molar-refractivity contribution is 0.344. The Morgan fingerprint density at radius 3 is 2.43 bits per heavy atom. The third-order valence-corrected chi connectivity index (χ3v) is 6.36. The van der Waals surface area contributed by atoms with Crippen molar-refractivity contribution in [2.24, 2.45) is 0 Å². The van der Waals surface area contributed by atoms with Crippen LogP contribution in [0.5, 0.6) is 0 Å². The zero-order valence-electron chi connectivity index (χ0n) is 17.6. The van der Waals surface area contributed by atoms with E-state index in [4.69, 9.17) is 0 Å². The fourth-order valence-corrected chi connectivity index (χ4v) is 4.72. The molecule has 2 aliphatic heterocycles. The highest BCUT2D eigenvalue weighted by molar-refractivity contribution is 5.66. The van der Waals surface area contributed by atoms with Crippen LogP contribution in [0.15, 0.2) is 49.0 Å². The van der Waals surface area contributed by atoms with Gasteiger partial charge in [-0.3, -0.25) is 0 Å². The summed E-state index contributed by atoms with van der Waals surface area (Å²) in [5.74, 6) is 0. The van der Waals surface area contributed by atoms with E-state index in [-0.39, 0.29) is 0 Å². The molecule has 2 aromatic rings. The number of aryl methyl sites for hydroxylation is 2. The van der Waals surface area contributed by atoms with Crippen molar-refractivity contribution in [3.8, 4) is 0 Å². The molecule has 1 unspecified atom stereocenters. The van der Waals surface area contributed by atoms with Crippen LogP contribution >= 0.6 is 0 Å². The van der Waals surface area contributed by atoms with Gasteiger partial charge in [-0.25, -0.2) is 0 Å². The highest BCUT2D eigenvalue weighted by Gasteiger charge is 2.22. The summed E-state index contributed by atoms with van der Waals surface area (Å²) in [4.78, 5) is 7.44. The van der Waals surface area contributed by atoms with E-state index >= 15 is 0 Å². The maximum absolute atomic E-state index is 4.44. The molecule has 0 aromatic heterocycles. The Labute approximate surface area is 170 Å². The van der Waals surface area contributed by atoms with Gasteiger partial charge in [-0.15, -0.1) is 0 Å². The van der Waals surface area contributed by atoms with Crippen LogP contribution in [-0.4, -0.2) is 37.2 Å². The maximum Gasteiger partial charge on any atom is 0.0902 e. The summed E-state index contributed by atoms with van der Waals surface area (Å²) in [7, 11) is 0. The van der Waals surface area contributed by atoms with Crippen molar-refractivity contribution in [3.05, 3.63) is 65.7 Å². The molecule has 0 N–H and O–H groups in total. The van der Waals surface area contributed by atoms with Crippen molar-refractivity contribution >= 4 is 17.1 Å². The summed E-state index contributed by atoms with van der Waals surface area (Å²) in [6, 6.07) is 16.5. The molecule has 2 heterocycles. The molecule has 0 aliphatic carbocycles. The van der Waals surface area contributed by atoms with E-state index in [9.17, 15) is 0 Å². The Kier molecular flexibility index (Phi) is 5.34. The summed E-state index contributed by atoms with van der Waals surface area (Å²) >= 11 is 0. The molecule has 1 atom stereocenters. The summed E-state index contributed by atoms with van der Waals surface area (Å²) in [6.45, 7) is 15.4. The molecule has 4 rings (SSSR count). The van der Waals surface area contributed by atoms with Crippen LogP contribution in [0.4, 0.5) is 11.4 Å². The SMILES string of the molecule is C=C(c1ccc(N2CCCC2C)cc1)N1CCCN(c2ccc(C)cc2C)C1. The highest BCUT2D eigenvalue weighted by atomic mass is 15.3. The van der Waals surface area contributed by atoms with Gasteiger partial charge in [0.2, 0.25) is 0 Å². The van der Waals surface area contributed by atoms with Gasteiger partial charge in [0.05, 0.1) is 6.67 Å². The molecule has 0 spiro atoms. The second-order valence-electron chi connectivity index (χ2n) is 8.49. The minimum Gasteiger partial charge on any atom is -0.369 e. The van der Waals surface area contributed by atoms with Gasteiger partial charge in [-0.2, -0.15) is 0 Å². The van der Waals surface area contributed by atoms with Gasteiger partial charge < -0.3 is 14.7 Å². The summed E-state index contributed by atoms with van der Waals surface area (Å²) in [5.41, 5.74) is 7.75. The van der Waals surface area contributed by atoms with Gasteiger partial charge in [-0.1, -0.05) is 36.4 Å². The Hall–Kier alpha value is -2.42. The Bertz CT molecular complexity index is 839. The molecular weight excluding hydrogens is 342 g/mol. The van der Waals surface area contributed by atoms with Crippen molar-refractivity contribution in [1.82, 2.24) is 4.90 Å². The van der Waals surface area contributed by atoms with E-state index in [0.717, 1.165) is 31.9 Å². The van der Waals surface area contributed by atoms with Crippen molar-refractivity contribution in [3.63, 3.8) is 0 Å². The second kappa shape index (κ2) is 7.90. The number of rotatable bonds is 4. The van der Waals surface area contributed by atoms with Crippen LogP contribution in [0.25, 0.3) is 5.70 Å². The third-order valence-electron chi connectivity index (χ3n) is 6.36. The first-order valence-corrected chi connectivity index (χ1v) is 10.7. The van der Waals surface area contributed by atoms with Gasteiger partial charge in [0.25, 0.3) is 0 Å². The maximum atomic E-state index is 4.44. The number of benzene rings is 2. The molecule has 148 valence electrons. The normalized spacial score (nSPS) is 20.0. The second-order valence-corrected chi connectivity index (χ2v) is 8.49. The fourth-order valence-electron chi connectivity index (χ4n) is 4.72. The summed E-state index contributed by atoms with van der Waals surface area (Å²) in [5, 5.41) is 0. The smallest absolute Gasteiger partial charge is 0.0902 e. The zero-order valence-corrected chi connectivity index (χ0v) is 17.6. The van der Waals surface area contributed by atoms with E-state index in [1.54, 1.807) is 0 Å².